The third-order valence-electron chi connectivity index (χ3n) is 3.36. The van der Waals surface area contributed by atoms with Crippen LogP contribution in [0.3, 0.4) is 0 Å². The first-order valence-electron chi connectivity index (χ1n) is 6.31. The normalized spacial score (nSPS) is 11.9. The lowest BCUT2D eigenvalue weighted by Gasteiger charge is -2.12. The van der Waals surface area contributed by atoms with Crippen LogP contribution in [0.4, 0.5) is 0 Å². The van der Waals surface area contributed by atoms with Crippen LogP contribution in [0.15, 0.2) is 42.5 Å². The molecule has 0 aliphatic heterocycles. The van der Waals surface area contributed by atoms with Gasteiger partial charge in [-0.15, -0.1) is 0 Å². The molecule has 0 saturated carbocycles. The van der Waals surface area contributed by atoms with Gasteiger partial charge < -0.3 is 0 Å². The number of hydrogen-bond acceptors (Lipinski definition) is 1. The molecule has 0 aliphatic rings. The molecule has 2 aromatic carbocycles. The van der Waals surface area contributed by atoms with Gasteiger partial charge in [0.05, 0.1) is 12.0 Å². The van der Waals surface area contributed by atoms with E-state index in [0.717, 1.165) is 12.0 Å². The van der Waals surface area contributed by atoms with Crippen LogP contribution >= 0.6 is 11.6 Å². The molecule has 0 radical (unpaired) electrons. The predicted molar refractivity (Wildman–Crippen MR) is 79.4 cm³/mol. The minimum atomic E-state index is -0.127. The molecule has 0 heterocycles. The molecule has 1 atom stereocenters. The summed E-state index contributed by atoms with van der Waals surface area (Å²) in [5, 5.41) is 10.1. The fraction of sp³-hybridized carbons (Fsp3) is 0.235. The maximum Gasteiger partial charge on any atom is 0.0753 e. The van der Waals surface area contributed by atoms with Crippen molar-refractivity contribution in [2.45, 2.75) is 26.2 Å². The summed E-state index contributed by atoms with van der Waals surface area (Å²) in [6, 6.07) is 16.3. The molecule has 0 spiro atoms. The topological polar surface area (TPSA) is 23.8 Å². The van der Waals surface area contributed by atoms with Crippen molar-refractivity contribution in [3.8, 4) is 6.07 Å². The lowest BCUT2D eigenvalue weighted by Crippen LogP contribution is -2.02. The molecule has 0 N–H and O–H groups in total. The summed E-state index contributed by atoms with van der Waals surface area (Å²) in [6.07, 6.45) is 0.742. The molecule has 1 unspecified atom stereocenters. The Morgan fingerprint density at radius 3 is 2.42 bits per heavy atom. The standard InChI is InChI=1S/C17H16ClN/c1-12-3-4-13(2)15(9-12)10-16(11-19)14-5-7-17(18)8-6-14/h3-9,16H,10H2,1-2H3. The predicted octanol–water partition coefficient (Wildman–Crippen LogP) is 4.81. The molecule has 96 valence electrons. The first-order valence-corrected chi connectivity index (χ1v) is 6.69. The maximum atomic E-state index is 9.39. The van der Waals surface area contributed by atoms with E-state index in [-0.39, 0.29) is 5.92 Å². The van der Waals surface area contributed by atoms with E-state index in [2.05, 4.69) is 38.1 Å². The van der Waals surface area contributed by atoms with Gasteiger partial charge in [0.2, 0.25) is 0 Å². The average molecular weight is 270 g/mol. The van der Waals surface area contributed by atoms with Crippen molar-refractivity contribution in [2.75, 3.05) is 0 Å². The van der Waals surface area contributed by atoms with Crippen LogP contribution in [0, 0.1) is 25.2 Å². The van der Waals surface area contributed by atoms with E-state index in [1.54, 1.807) is 0 Å². The number of benzene rings is 2. The second kappa shape index (κ2) is 5.91. The van der Waals surface area contributed by atoms with Crippen molar-refractivity contribution in [3.63, 3.8) is 0 Å². The molecule has 0 fully saturated rings. The highest BCUT2D eigenvalue weighted by molar-refractivity contribution is 6.30. The highest BCUT2D eigenvalue weighted by Gasteiger charge is 2.13. The van der Waals surface area contributed by atoms with Gasteiger partial charge in [-0.1, -0.05) is 47.5 Å². The first kappa shape index (κ1) is 13.6. The molecular formula is C17H16ClN. The monoisotopic (exact) mass is 269 g/mol. The average Bonchev–Trinajstić information content (AvgIpc) is 2.41. The maximum absolute atomic E-state index is 9.39. The third kappa shape index (κ3) is 3.36. The van der Waals surface area contributed by atoms with Gasteiger partial charge in [-0.05, 0) is 49.1 Å². The molecule has 2 aromatic rings. The first-order chi connectivity index (χ1) is 9.10. The SMILES string of the molecule is Cc1ccc(C)c(CC(C#N)c2ccc(Cl)cc2)c1. The molecule has 19 heavy (non-hydrogen) atoms. The molecule has 0 saturated heterocycles. The number of nitrogens with zero attached hydrogens (tertiary/aromatic N) is 1. The van der Waals surface area contributed by atoms with Crippen LogP contribution in [0.25, 0.3) is 0 Å². The van der Waals surface area contributed by atoms with Crippen molar-refractivity contribution >= 4 is 11.6 Å². The van der Waals surface area contributed by atoms with Crippen LogP contribution in [0.1, 0.15) is 28.2 Å². The second-order valence-corrected chi connectivity index (χ2v) is 5.30. The van der Waals surface area contributed by atoms with Crippen molar-refractivity contribution < 1.29 is 0 Å². The van der Waals surface area contributed by atoms with E-state index in [1.165, 1.54) is 16.7 Å². The Hall–Kier alpha value is -1.78. The quantitative estimate of drug-likeness (QED) is 0.785. The highest BCUT2D eigenvalue weighted by atomic mass is 35.5. The summed E-state index contributed by atoms with van der Waals surface area (Å²) >= 11 is 5.88. The zero-order chi connectivity index (χ0) is 13.8. The summed E-state index contributed by atoms with van der Waals surface area (Å²) in [4.78, 5) is 0. The largest absolute Gasteiger partial charge is 0.198 e. The van der Waals surface area contributed by atoms with Gasteiger partial charge in [-0.3, -0.25) is 0 Å². The second-order valence-electron chi connectivity index (χ2n) is 4.87. The van der Waals surface area contributed by atoms with Crippen molar-refractivity contribution in [1.82, 2.24) is 0 Å². The van der Waals surface area contributed by atoms with Gasteiger partial charge in [0.1, 0.15) is 0 Å². The summed E-state index contributed by atoms with van der Waals surface area (Å²) in [5.74, 6) is -0.127. The van der Waals surface area contributed by atoms with Crippen molar-refractivity contribution in [2.24, 2.45) is 0 Å². The lowest BCUT2D eigenvalue weighted by atomic mass is 9.90. The van der Waals surface area contributed by atoms with Crippen LogP contribution < -0.4 is 0 Å². The Balaban J connectivity index is 2.27. The molecule has 2 rings (SSSR count). The van der Waals surface area contributed by atoms with E-state index in [9.17, 15) is 5.26 Å². The Bertz CT molecular complexity index is 608. The number of hydrogen-bond donors (Lipinski definition) is 0. The molecule has 0 aliphatic carbocycles. The van der Waals surface area contributed by atoms with E-state index in [0.29, 0.717) is 5.02 Å². The summed E-state index contributed by atoms with van der Waals surface area (Å²) < 4.78 is 0. The van der Waals surface area contributed by atoms with Crippen LogP contribution in [0.5, 0.6) is 0 Å². The molecule has 0 bridgehead atoms. The molecular weight excluding hydrogens is 254 g/mol. The molecule has 0 amide bonds. The van der Waals surface area contributed by atoms with E-state index < -0.39 is 0 Å². The Morgan fingerprint density at radius 1 is 1.11 bits per heavy atom. The van der Waals surface area contributed by atoms with Crippen molar-refractivity contribution in [1.29, 1.82) is 5.26 Å². The Morgan fingerprint density at radius 2 is 1.79 bits per heavy atom. The molecule has 2 heteroatoms. The van der Waals surface area contributed by atoms with Gasteiger partial charge in [0, 0.05) is 5.02 Å². The van der Waals surface area contributed by atoms with Crippen LogP contribution in [-0.2, 0) is 6.42 Å². The van der Waals surface area contributed by atoms with E-state index in [4.69, 9.17) is 11.6 Å². The smallest absolute Gasteiger partial charge is 0.0753 e. The fourth-order valence-electron chi connectivity index (χ4n) is 2.17. The van der Waals surface area contributed by atoms with Crippen LogP contribution in [0.2, 0.25) is 5.02 Å². The number of nitriles is 1. The number of rotatable bonds is 3. The Labute approximate surface area is 119 Å². The van der Waals surface area contributed by atoms with Gasteiger partial charge >= 0.3 is 0 Å². The van der Waals surface area contributed by atoms with Gasteiger partial charge in [0.15, 0.2) is 0 Å². The molecule has 1 nitrogen and oxygen atoms in total. The van der Waals surface area contributed by atoms with E-state index in [1.807, 2.05) is 24.3 Å². The summed E-state index contributed by atoms with van der Waals surface area (Å²) in [6.45, 7) is 4.16. The van der Waals surface area contributed by atoms with Crippen LogP contribution in [-0.4, -0.2) is 0 Å². The van der Waals surface area contributed by atoms with Gasteiger partial charge in [-0.2, -0.15) is 5.26 Å². The fourth-order valence-corrected chi connectivity index (χ4v) is 2.30. The van der Waals surface area contributed by atoms with Gasteiger partial charge in [0.25, 0.3) is 0 Å². The summed E-state index contributed by atoms with van der Waals surface area (Å²) in [5.41, 5.74) is 4.72. The minimum Gasteiger partial charge on any atom is -0.198 e. The zero-order valence-corrected chi connectivity index (χ0v) is 11.9. The number of halogens is 1. The van der Waals surface area contributed by atoms with Crippen molar-refractivity contribution in [3.05, 3.63) is 69.7 Å². The Kier molecular flexibility index (Phi) is 4.24. The minimum absolute atomic E-state index is 0.127. The lowest BCUT2D eigenvalue weighted by molar-refractivity contribution is 0.842. The zero-order valence-electron chi connectivity index (χ0n) is 11.2. The van der Waals surface area contributed by atoms with Gasteiger partial charge in [-0.25, -0.2) is 0 Å². The third-order valence-corrected chi connectivity index (χ3v) is 3.61. The number of aryl methyl sites for hydroxylation is 2. The highest BCUT2D eigenvalue weighted by Crippen LogP contribution is 2.24. The molecule has 0 aromatic heterocycles. The van der Waals surface area contributed by atoms with E-state index >= 15 is 0 Å². The summed E-state index contributed by atoms with van der Waals surface area (Å²) in [7, 11) is 0.